The van der Waals surface area contributed by atoms with Crippen LogP contribution in [0.4, 0.5) is 15.0 Å². The fraction of sp³-hybridized carbons (Fsp3) is 0.407. The minimum absolute atomic E-state index is 0.0181. The summed E-state index contributed by atoms with van der Waals surface area (Å²) in [7, 11) is 3.47. The zero-order valence-corrected chi connectivity index (χ0v) is 23.1. The Morgan fingerprint density at radius 3 is 2.75 bits per heavy atom. The molecule has 3 aromatic heterocycles. The van der Waals surface area contributed by atoms with Gasteiger partial charge in [0, 0.05) is 56.9 Å². The summed E-state index contributed by atoms with van der Waals surface area (Å²) in [5.41, 5.74) is 1.88. The molecule has 40 heavy (non-hydrogen) atoms. The van der Waals surface area contributed by atoms with Gasteiger partial charge < -0.3 is 25.0 Å². The number of anilines is 1. The van der Waals surface area contributed by atoms with Gasteiger partial charge in [0.1, 0.15) is 5.82 Å². The van der Waals surface area contributed by atoms with Crippen LogP contribution in [0.3, 0.4) is 0 Å². The summed E-state index contributed by atoms with van der Waals surface area (Å²) in [6.45, 7) is 6.88. The van der Waals surface area contributed by atoms with Crippen molar-refractivity contribution >= 4 is 28.8 Å². The van der Waals surface area contributed by atoms with Crippen LogP contribution in [0.15, 0.2) is 35.0 Å². The summed E-state index contributed by atoms with van der Waals surface area (Å²) in [5, 5.41) is 18.0. The van der Waals surface area contributed by atoms with Gasteiger partial charge in [-0.2, -0.15) is 10.1 Å². The highest BCUT2D eigenvalue weighted by Gasteiger charge is 2.28. The standard InChI is InChI=1S/C27H32FN9O3/c1-27(2,3)25-32-24(40-35-25)23(38)30-13-16-7-6-15(12-19(16)28)18-8-10-29-21-20(18)22(34-33-21)31-17-9-11-37(14-17)26(39)36(4)5/h6-8,10,12,17H,9,11,13-14H2,1-5H3,(H,30,38)(H2,29,31,33,34)/t17-/m1/s1. The number of pyridine rings is 1. The topological polar surface area (TPSA) is 145 Å². The Labute approximate surface area is 230 Å². The first kappa shape index (κ1) is 27.0. The third-order valence-electron chi connectivity index (χ3n) is 6.74. The SMILES string of the molecule is CN(C)C(=O)N1CC[C@@H](Nc2n[nH]c3nccc(-c4ccc(CNC(=O)c5nc(C(C)(C)C)no5)c(F)c4)c23)C1. The van der Waals surface area contributed by atoms with E-state index in [1.54, 1.807) is 48.3 Å². The molecule has 1 fully saturated rings. The van der Waals surface area contributed by atoms with Crippen LogP contribution in [0.2, 0.25) is 0 Å². The zero-order valence-electron chi connectivity index (χ0n) is 23.1. The number of halogens is 1. The van der Waals surface area contributed by atoms with Crippen LogP contribution in [0.5, 0.6) is 0 Å². The lowest BCUT2D eigenvalue weighted by Crippen LogP contribution is -2.38. The van der Waals surface area contributed by atoms with E-state index >= 15 is 4.39 Å². The number of likely N-dealkylation sites (tertiary alicyclic amines) is 1. The van der Waals surface area contributed by atoms with Gasteiger partial charge in [-0.3, -0.25) is 9.89 Å². The van der Waals surface area contributed by atoms with Crippen LogP contribution in [-0.4, -0.2) is 80.3 Å². The van der Waals surface area contributed by atoms with E-state index in [9.17, 15) is 9.59 Å². The van der Waals surface area contributed by atoms with Gasteiger partial charge in [-0.05, 0) is 29.7 Å². The lowest BCUT2D eigenvalue weighted by Gasteiger charge is -2.21. The number of nitrogens with zero attached hydrogens (tertiary/aromatic N) is 6. The van der Waals surface area contributed by atoms with Gasteiger partial charge in [0.15, 0.2) is 17.3 Å². The highest BCUT2D eigenvalue weighted by atomic mass is 19.1. The van der Waals surface area contributed by atoms with Crippen LogP contribution >= 0.6 is 0 Å². The maximum atomic E-state index is 15.2. The molecule has 3 amide bonds. The third-order valence-corrected chi connectivity index (χ3v) is 6.74. The number of fused-ring (bicyclic) bond motifs is 1. The number of rotatable bonds is 6. The van der Waals surface area contributed by atoms with Crippen molar-refractivity contribution in [3.63, 3.8) is 0 Å². The van der Waals surface area contributed by atoms with Gasteiger partial charge in [-0.25, -0.2) is 14.2 Å². The molecule has 1 saturated heterocycles. The largest absolute Gasteiger partial charge is 0.363 e. The summed E-state index contributed by atoms with van der Waals surface area (Å²) in [4.78, 5) is 36.6. The van der Waals surface area contributed by atoms with Crippen molar-refractivity contribution in [2.45, 2.75) is 45.2 Å². The van der Waals surface area contributed by atoms with E-state index < -0.39 is 11.7 Å². The van der Waals surface area contributed by atoms with Crippen molar-refractivity contribution in [3.8, 4) is 11.1 Å². The fourth-order valence-electron chi connectivity index (χ4n) is 4.55. The molecule has 0 radical (unpaired) electrons. The van der Waals surface area contributed by atoms with Gasteiger partial charge in [-0.15, -0.1) is 0 Å². The molecule has 13 heteroatoms. The van der Waals surface area contributed by atoms with E-state index in [0.717, 1.165) is 17.4 Å². The molecule has 0 aliphatic carbocycles. The number of amides is 3. The van der Waals surface area contributed by atoms with Crippen LogP contribution in [0.25, 0.3) is 22.2 Å². The number of hydrogen-bond acceptors (Lipinski definition) is 8. The lowest BCUT2D eigenvalue weighted by atomic mass is 9.96. The summed E-state index contributed by atoms with van der Waals surface area (Å²) in [6, 6.07) is 6.62. The Hall–Kier alpha value is -4.55. The smallest absolute Gasteiger partial charge is 0.319 e. The van der Waals surface area contributed by atoms with Crippen LogP contribution < -0.4 is 10.6 Å². The molecule has 4 heterocycles. The summed E-state index contributed by atoms with van der Waals surface area (Å²) >= 11 is 0. The Morgan fingerprint density at radius 2 is 2.05 bits per heavy atom. The number of urea groups is 1. The average molecular weight is 550 g/mol. The zero-order chi connectivity index (χ0) is 28.6. The van der Waals surface area contributed by atoms with Crippen LogP contribution in [-0.2, 0) is 12.0 Å². The van der Waals surface area contributed by atoms with E-state index in [1.807, 2.05) is 20.8 Å². The third kappa shape index (κ3) is 5.44. The Kier molecular flexibility index (Phi) is 7.13. The quantitative estimate of drug-likeness (QED) is 0.331. The fourth-order valence-corrected chi connectivity index (χ4v) is 4.55. The van der Waals surface area contributed by atoms with E-state index in [1.165, 1.54) is 6.07 Å². The normalized spacial score (nSPS) is 15.4. The number of benzene rings is 1. The molecule has 0 spiro atoms. The highest BCUT2D eigenvalue weighted by molar-refractivity contribution is 6.00. The predicted molar refractivity (Wildman–Crippen MR) is 146 cm³/mol. The van der Waals surface area contributed by atoms with Crippen molar-refractivity contribution in [2.75, 3.05) is 32.5 Å². The van der Waals surface area contributed by atoms with E-state index in [-0.39, 0.29) is 29.9 Å². The van der Waals surface area contributed by atoms with Gasteiger partial charge in [-0.1, -0.05) is 38.1 Å². The predicted octanol–water partition coefficient (Wildman–Crippen LogP) is 3.54. The summed E-state index contributed by atoms with van der Waals surface area (Å²) in [6.07, 6.45) is 2.41. The molecular weight excluding hydrogens is 517 g/mol. The van der Waals surface area contributed by atoms with Crippen molar-refractivity contribution < 1.29 is 18.5 Å². The van der Waals surface area contributed by atoms with Crippen molar-refractivity contribution in [2.24, 2.45) is 0 Å². The van der Waals surface area contributed by atoms with E-state index in [2.05, 4.69) is 36.0 Å². The van der Waals surface area contributed by atoms with Gasteiger partial charge in [0.25, 0.3) is 0 Å². The molecule has 1 aliphatic rings. The lowest BCUT2D eigenvalue weighted by molar-refractivity contribution is 0.0906. The number of aromatic nitrogens is 5. The molecule has 4 aromatic rings. The molecule has 0 bridgehead atoms. The molecule has 210 valence electrons. The first-order valence-electron chi connectivity index (χ1n) is 13.0. The second-order valence-corrected chi connectivity index (χ2v) is 11.1. The Morgan fingerprint density at radius 1 is 1.25 bits per heavy atom. The maximum absolute atomic E-state index is 15.2. The first-order chi connectivity index (χ1) is 19.0. The summed E-state index contributed by atoms with van der Waals surface area (Å²) < 4.78 is 20.2. The number of nitrogens with one attached hydrogen (secondary N) is 3. The Balaban J connectivity index is 1.31. The van der Waals surface area contributed by atoms with E-state index in [0.29, 0.717) is 41.5 Å². The monoisotopic (exact) mass is 549 g/mol. The number of aromatic amines is 1. The van der Waals surface area contributed by atoms with Crippen LogP contribution in [0, 0.1) is 5.82 Å². The Bertz CT molecular complexity index is 1560. The number of carbonyl (C=O) groups is 2. The number of carbonyl (C=O) groups excluding carboxylic acids is 2. The number of hydrogen-bond donors (Lipinski definition) is 3. The van der Waals surface area contributed by atoms with Crippen molar-refractivity contribution in [1.29, 1.82) is 0 Å². The molecular formula is C27H32FN9O3. The van der Waals surface area contributed by atoms with Crippen molar-refractivity contribution in [1.82, 2.24) is 40.4 Å². The molecule has 0 unspecified atom stereocenters. The average Bonchev–Trinajstić information content (AvgIpc) is 3.67. The first-order valence-corrected chi connectivity index (χ1v) is 13.0. The minimum Gasteiger partial charge on any atom is -0.363 e. The molecule has 3 N–H and O–H groups in total. The number of H-pyrrole nitrogens is 1. The van der Waals surface area contributed by atoms with E-state index in [4.69, 9.17) is 4.52 Å². The molecule has 0 saturated carbocycles. The van der Waals surface area contributed by atoms with Gasteiger partial charge >= 0.3 is 17.8 Å². The van der Waals surface area contributed by atoms with Gasteiger partial charge in [0.05, 0.1) is 5.39 Å². The molecule has 5 rings (SSSR count). The van der Waals surface area contributed by atoms with Gasteiger partial charge in [0.2, 0.25) is 0 Å². The van der Waals surface area contributed by atoms with Crippen molar-refractivity contribution in [3.05, 3.63) is 53.6 Å². The molecule has 1 aromatic carbocycles. The highest BCUT2D eigenvalue weighted by Crippen LogP contribution is 2.33. The maximum Gasteiger partial charge on any atom is 0.319 e. The van der Waals surface area contributed by atoms with Crippen LogP contribution in [0.1, 0.15) is 49.3 Å². The molecule has 1 aliphatic heterocycles. The summed E-state index contributed by atoms with van der Waals surface area (Å²) in [5.74, 6) is -0.215. The second-order valence-electron chi connectivity index (χ2n) is 11.1. The second kappa shape index (κ2) is 10.5. The molecule has 1 atom stereocenters. The minimum atomic E-state index is -0.575. The molecule has 12 nitrogen and oxygen atoms in total.